The van der Waals surface area contributed by atoms with Gasteiger partial charge in [-0.05, 0) is 18.1 Å². The Balaban J connectivity index is 1.81. The van der Waals surface area contributed by atoms with Gasteiger partial charge in [0, 0.05) is 13.1 Å². The van der Waals surface area contributed by atoms with Gasteiger partial charge in [0.25, 0.3) is 0 Å². The Kier molecular flexibility index (Phi) is 6.26. The molecule has 0 aliphatic carbocycles. The lowest BCUT2D eigenvalue weighted by molar-refractivity contribution is -0.137. The molecule has 1 N–H and O–H groups in total. The highest BCUT2D eigenvalue weighted by molar-refractivity contribution is 7.88. The average molecular weight is 388 g/mol. The molecule has 0 spiro atoms. The highest BCUT2D eigenvalue weighted by atomic mass is 32.2. The molecule has 7 heteroatoms. The van der Waals surface area contributed by atoms with Crippen molar-refractivity contribution in [2.75, 3.05) is 26.3 Å². The molecule has 1 atom stereocenters. The van der Waals surface area contributed by atoms with E-state index in [2.05, 4.69) is 4.72 Å². The summed E-state index contributed by atoms with van der Waals surface area (Å²) in [4.78, 5) is 14.7. The molecule has 1 saturated heterocycles. The lowest BCUT2D eigenvalue weighted by Crippen LogP contribution is -2.47. The topological polar surface area (TPSA) is 75.7 Å². The maximum Gasteiger partial charge on any atom is 0.245 e. The second-order valence-electron chi connectivity index (χ2n) is 6.64. The van der Waals surface area contributed by atoms with Crippen molar-refractivity contribution in [2.45, 2.75) is 18.7 Å². The maximum atomic E-state index is 13.0. The molecular formula is C20H24N2O4S. The van der Waals surface area contributed by atoms with Crippen LogP contribution in [-0.2, 0) is 25.3 Å². The van der Waals surface area contributed by atoms with Crippen LogP contribution in [0.15, 0.2) is 54.6 Å². The molecule has 0 radical (unpaired) electrons. The smallest absolute Gasteiger partial charge is 0.245 e. The Labute approximate surface area is 160 Å². The molecule has 27 heavy (non-hydrogen) atoms. The van der Waals surface area contributed by atoms with E-state index in [1.165, 1.54) is 0 Å². The summed E-state index contributed by atoms with van der Waals surface area (Å²) < 4.78 is 33.4. The van der Waals surface area contributed by atoms with Crippen LogP contribution in [0.1, 0.15) is 22.7 Å². The molecular weight excluding hydrogens is 364 g/mol. The van der Waals surface area contributed by atoms with Crippen molar-refractivity contribution < 1.29 is 17.9 Å². The summed E-state index contributed by atoms with van der Waals surface area (Å²) in [5.74, 6) is -0.426. The number of carbonyl (C=O) groups is 1. The second kappa shape index (κ2) is 8.65. The monoisotopic (exact) mass is 388 g/mol. The van der Waals surface area contributed by atoms with Gasteiger partial charge >= 0.3 is 0 Å². The fraction of sp³-hybridized carbons (Fsp3) is 0.350. The van der Waals surface area contributed by atoms with Crippen LogP contribution in [-0.4, -0.2) is 45.5 Å². The summed E-state index contributed by atoms with van der Waals surface area (Å²) in [6.07, 6.45) is 0. The van der Waals surface area contributed by atoms with E-state index in [9.17, 15) is 13.2 Å². The van der Waals surface area contributed by atoms with E-state index in [4.69, 9.17) is 4.74 Å². The number of hydrogen-bond acceptors (Lipinski definition) is 4. The standard InChI is InChI=1S/C20H24N2O4S/c1-16-7-9-17(10-8-16)15-27(24,25)21-19(18-5-3-2-4-6-18)20(23)22-11-13-26-14-12-22/h2-10,19,21H,11-15H2,1H3/t19-/m0/s1. The number of nitrogens with one attached hydrogen (secondary N) is 1. The van der Waals surface area contributed by atoms with Crippen molar-refractivity contribution in [1.29, 1.82) is 0 Å². The van der Waals surface area contributed by atoms with Crippen LogP contribution in [0.3, 0.4) is 0 Å². The maximum absolute atomic E-state index is 13.0. The molecule has 0 aromatic heterocycles. The molecule has 1 aliphatic rings. The number of ether oxygens (including phenoxy) is 1. The zero-order valence-electron chi connectivity index (χ0n) is 15.3. The summed E-state index contributed by atoms with van der Waals surface area (Å²) in [6.45, 7) is 3.79. The van der Waals surface area contributed by atoms with Gasteiger partial charge in [0.05, 0.1) is 19.0 Å². The molecule has 2 aromatic rings. The minimum atomic E-state index is -3.71. The predicted octanol–water partition coefficient (Wildman–Crippen LogP) is 2.01. The fourth-order valence-corrected chi connectivity index (χ4v) is 4.31. The number of aryl methyl sites for hydroxylation is 1. The van der Waals surface area contributed by atoms with Gasteiger partial charge in [-0.2, -0.15) is 4.72 Å². The number of hydrogen-bond donors (Lipinski definition) is 1. The molecule has 144 valence electrons. The van der Waals surface area contributed by atoms with Crippen molar-refractivity contribution in [3.63, 3.8) is 0 Å². The normalized spacial score (nSPS) is 16.1. The highest BCUT2D eigenvalue weighted by Gasteiger charge is 2.30. The lowest BCUT2D eigenvalue weighted by Gasteiger charge is -2.30. The molecule has 6 nitrogen and oxygen atoms in total. The van der Waals surface area contributed by atoms with Crippen LogP contribution < -0.4 is 4.72 Å². The summed E-state index contributed by atoms with van der Waals surface area (Å²) in [7, 11) is -3.71. The first-order valence-electron chi connectivity index (χ1n) is 8.92. The molecule has 0 saturated carbocycles. The zero-order valence-corrected chi connectivity index (χ0v) is 16.1. The van der Waals surface area contributed by atoms with E-state index >= 15 is 0 Å². The number of carbonyl (C=O) groups excluding carboxylic acids is 1. The number of morpholine rings is 1. The van der Waals surface area contributed by atoms with Gasteiger partial charge in [-0.1, -0.05) is 60.2 Å². The van der Waals surface area contributed by atoms with Crippen LogP contribution in [0.4, 0.5) is 0 Å². The summed E-state index contributed by atoms with van der Waals surface area (Å²) >= 11 is 0. The van der Waals surface area contributed by atoms with Crippen LogP contribution >= 0.6 is 0 Å². The van der Waals surface area contributed by atoms with Crippen molar-refractivity contribution in [3.8, 4) is 0 Å². The fourth-order valence-electron chi connectivity index (χ4n) is 3.00. The Morgan fingerprint density at radius 2 is 1.70 bits per heavy atom. The van der Waals surface area contributed by atoms with E-state index in [0.717, 1.165) is 5.56 Å². The Hall–Kier alpha value is -2.22. The SMILES string of the molecule is Cc1ccc(CS(=O)(=O)N[C@H](C(=O)N2CCOCC2)c2ccccc2)cc1. The minimum Gasteiger partial charge on any atom is -0.378 e. The quantitative estimate of drug-likeness (QED) is 0.821. The van der Waals surface area contributed by atoms with Gasteiger partial charge in [-0.3, -0.25) is 4.79 Å². The van der Waals surface area contributed by atoms with E-state index in [1.54, 1.807) is 41.3 Å². The first-order chi connectivity index (χ1) is 12.9. The molecule has 3 rings (SSSR count). The Morgan fingerprint density at radius 3 is 2.33 bits per heavy atom. The van der Waals surface area contributed by atoms with E-state index in [1.807, 2.05) is 25.1 Å². The van der Waals surface area contributed by atoms with Crippen LogP contribution in [0.2, 0.25) is 0 Å². The van der Waals surface area contributed by atoms with Crippen LogP contribution in [0.5, 0.6) is 0 Å². The second-order valence-corrected chi connectivity index (χ2v) is 8.40. The van der Waals surface area contributed by atoms with Crippen LogP contribution in [0, 0.1) is 6.92 Å². The molecule has 1 aliphatic heterocycles. The van der Waals surface area contributed by atoms with E-state index in [-0.39, 0.29) is 11.7 Å². The van der Waals surface area contributed by atoms with Gasteiger partial charge in [-0.15, -0.1) is 0 Å². The molecule has 0 unspecified atom stereocenters. The Morgan fingerprint density at radius 1 is 1.07 bits per heavy atom. The minimum absolute atomic E-state index is 0.174. The lowest BCUT2D eigenvalue weighted by atomic mass is 10.1. The summed E-state index contributed by atoms with van der Waals surface area (Å²) in [5, 5.41) is 0. The van der Waals surface area contributed by atoms with Crippen molar-refractivity contribution in [1.82, 2.24) is 9.62 Å². The number of benzene rings is 2. The molecule has 1 heterocycles. The third-order valence-electron chi connectivity index (χ3n) is 4.48. The largest absolute Gasteiger partial charge is 0.378 e. The third kappa shape index (κ3) is 5.38. The Bertz CT molecular complexity index is 861. The number of rotatable bonds is 6. The number of amides is 1. The van der Waals surface area contributed by atoms with E-state index < -0.39 is 16.1 Å². The average Bonchev–Trinajstić information content (AvgIpc) is 2.69. The zero-order chi connectivity index (χ0) is 19.3. The number of nitrogens with zero attached hydrogens (tertiary/aromatic N) is 1. The molecule has 1 amide bonds. The number of sulfonamides is 1. The van der Waals surface area contributed by atoms with Gasteiger partial charge in [0.2, 0.25) is 15.9 Å². The molecule has 1 fully saturated rings. The van der Waals surface area contributed by atoms with Gasteiger partial charge in [0.15, 0.2) is 0 Å². The van der Waals surface area contributed by atoms with Crippen molar-refractivity contribution in [3.05, 3.63) is 71.3 Å². The van der Waals surface area contributed by atoms with Gasteiger partial charge in [-0.25, -0.2) is 8.42 Å². The third-order valence-corrected chi connectivity index (χ3v) is 5.79. The molecule has 2 aromatic carbocycles. The van der Waals surface area contributed by atoms with Crippen LogP contribution in [0.25, 0.3) is 0 Å². The summed E-state index contributed by atoms with van der Waals surface area (Å²) in [5.41, 5.74) is 2.37. The highest BCUT2D eigenvalue weighted by Crippen LogP contribution is 2.19. The van der Waals surface area contributed by atoms with Crippen molar-refractivity contribution in [2.24, 2.45) is 0 Å². The molecule has 0 bridgehead atoms. The van der Waals surface area contributed by atoms with E-state index in [0.29, 0.717) is 37.4 Å². The van der Waals surface area contributed by atoms with Gasteiger partial charge < -0.3 is 9.64 Å². The first-order valence-corrected chi connectivity index (χ1v) is 10.6. The van der Waals surface area contributed by atoms with Crippen molar-refractivity contribution >= 4 is 15.9 Å². The first kappa shape index (κ1) is 19.5. The predicted molar refractivity (Wildman–Crippen MR) is 104 cm³/mol. The van der Waals surface area contributed by atoms with Gasteiger partial charge in [0.1, 0.15) is 6.04 Å². The summed E-state index contributed by atoms with van der Waals surface area (Å²) in [6, 6.07) is 15.3.